The molecule has 1 heterocycles. The largest absolute Gasteiger partial charge is 0.417 e. The van der Waals surface area contributed by atoms with Crippen LogP contribution >= 0.6 is 0 Å². The van der Waals surface area contributed by atoms with Crippen LogP contribution in [0.2, 0.25) is 0 Å². The summed E-state index contributed by atoms with van der Waals surface area (Å²) in [5.74, 6) is -1.18. The monoisotopic (exact) mass is 421 g/mol. The highest BCUT2D eigenvalue weighted by Gasteiger charge is 2.36. The number of β-amino-alcohol motifs (C(OH)–C–C–N with tert-alkyl or cyclic N) is 1. The Kier molecular flexibility index (Phi) is 5.83. The molecule has 0 radical (unpaired) electrons. The van der Waals surface area contributed by atoms with Crippen molar-refractivity contribution in [2.45, 2.75) is 31.7 Å². The fraction of sp³-hybridized carbons (Fsp3) is 0.333. The number of fused-ring (bicyclic) bond motifs is 1. The number of amides is 1. The van der Waals surface area contributed by atoms with Gasteiger partial charge < -0.3 is 10.4 Å². The zero-order valence-corrected chi connectivity index (χ0v) is 16.1. The predicted octanol–water partition coefficient (Wildman–Crippen LogP) is 3.46. The molecule has 1 aliphatic rings. The van der Waals surface area contributed by atoms with Gasteiger partial charge in [-0.3, -0.25) is 9.69 Å². The minimum absolute atomic E-state index is 0.0861. The van der Waals surface area contributed by atoms with Gasteiger partial charge in [0, 0.05) is 25.3 Å². The average Bonchev–Trinajstić information content (AvgIpc) is 2.67. The van der Waals surface area contributed by atoms with Crippen molar-refractivity contribution >= 4 is 11.6 Å². The molecule has 0 saturated carbocycles. The van der Waals surface area contributed by atoms with Gasteiger partial charge in [0.25, 0.3) is 5.91 Å². The molecule has 1 unspecified atom stereocenters. The van der Waals surface area contributed by atoms with E-state index in [1.165, 1.54) is 25.1 Å². The lowest BCUT2D eigenvalue weighted by Crippen LogP contribution is -2.50. The summed E-state index contributed by atoms with van der Waals surface area (Å²) in [6.07, 6.45) is -4.34. The number of alkyl halides is 3. The Morgan fingerprint density at radius 2 is 2.03 bits per heavy atom. The second kappa shape index (κ2) is 8.05. The van der Waals surface area contributed by atoms with Crippen LogP contribution in [0.25, 0.3) is 0 Å². The lowest BCUT2D eigenvalue weighted by molar-refractivity contribution is -0.138. The Morgan fingerprint density at radius 1 is 1.30 bits per heavy atom. The van der Waals surface area contributed by atoms with Crippen LogP contribution in [0.3, 0.4) is 0 Å². The summed E-state index contributed by atoms with van der Waals surface area (Å²) < 4.78 is 53.1. The van der Waals surface area contributed by atoms with Crippen LogP contribution in [-0.4, -0.2) is 34.6 Å². The van der Waals surface area contributed by atoms with Crippen LogP contribution in [0.15, 0.2) is 36.4 Å². The van der Waals surface area contributed by atoms with Crippen molar-refractivity contribution in [3.8, 4) is 6.07 Å². The molecule has 0 fully saturated rings. The minimum atomic E-state index is -4.76. The van der Waals surface area contributed by atoms with Gasteiger partial charge in [-0.15, -0.1) is 0 Å². The van der Waals surface area contributed by atoms with Crippen LogP contribution in [0.4, 0.5) is 23.2 Å². The fourth-order valence-corrected chi connectivity index (χ4v) is 3.48. The highest BCUT2D eigenvalue weighted by Crippen LogP contribution is 2.33. The zero-order chi connectivity index (χ0) is 22.1. The molecule has 2 N–H and O–H groups in total. The van der Waals surface area contributed by atoms with E-state index in [1.807, 2.05) is 0 Å². The Hall–Kier alpha value is -2.96. The molecular formula is C21H19F4N3O2. The molecule has 0 spiro atoms. The molecule has 9 heteroatoms. The quantitative estimate of drug-likeness (QED) is 0.742. The summed E-state index contributed by atoms with van der Waals surface area (Å²) in [6.45, 7) is 1.94. The Bertz CT molecular complexity index is 1010. The molecule has 0 saturated heterocycles. The van der Waals surface area contributed by atoms with Crippen LogP contribution in [0.1, 0.15) is 29.2 Å². The van der Waals surface area contributed by atoms with Crippen molar-refractivity contribution in [3.63, 3.8) is 0 Å². The third kappa shape index (κ3) is 4.61. The topological polar surface area (TPSA) is 76.4 Å². The number of anilines is 1. The smallest absolute Gasteiger partial charge is 0.379 e. The van der Waals surface area contributed by atoms with E-state index >= 15 is 0 Å². The van der Waals surface area contributed by atoms with Gasteiger partial charge in [-0.2, -0.15) is 18.4 Å². The molecule has 5 nitrogen and oxygen atoms in total. The number of aliphatic hydroxyl groups is 1. The van der Waals surface area contributed by atoms with Gasteiger partial charge in [0.2, 0.25) is 0 Å². The van der Waals surface area contributed by atoms with E-state index in [1.54, 1.807) is 17.0 Å². The van der Waals surface area contributed by atoms with E-state index in [2.05, 4.69) is 5.32 Å². The number of rotatable bonds is 4. The molecule has 2 aromatic rings. The van der Waals surface area contributed by atoms with Crippen molar-refractivity contribution < 1.29 is 27.5 Å². The SMILES string of the molecule is CC(O)(CN1CCc2c(F)cccc2C1)C(=O)Nc1ccc(C#N)c(C(F)(F)F)c1. The van der Waals surface area contributed by atoms with E-state index in [0.29, 0.717) is 31.1 Å². The highest BCUT2D eigenvalue weighted by molar-refractivity contribution is 5.97. The van der Waals surface area contributed by atoms with Crippen molar-refractivity contribution in [3.05, 3.63) is 64.5 Å². The zero-order valence-electron chi connectivity index (χ0n) is 16.1. The summed E-state index contributed by atoms with van der Waals surface area (Å²) in [7, 11) is 0. The summed E-state index contributed by atoms with van der Waals surface area (Å²) in [6, 6.07) is 8.99. The Labute approximate surface area is 170 Å². The number of carbonyl (C=O) groups excluding carboxylic acids is 1. The van der Waals surface area contributed by atoms with E-state index in [4.69, 9.17) is 5.26 Å². The molecule has 1 aliphatic heterocycles. The summed E-state index contributed by atoms with van der Waals surface area (Å²) >= 11 is 0. The van der Waals surface area contributed by atoms with Gasteiger partial charge in [-0.05, 0) is 48.7 Å². The number of halogens is 4. The van der Waals surface area contributed by atoms with Crippen molar-refractivity contribution in [2.24, 2.45) is 0 Å². The number of benzene rings is 2. The van der Waals surface area contributed by atoms with E-state index in [-0.39, 0.29) is 18.0 Å². The summed E-state index contributed by atoms with van der Waals surface area (Å²) in [5, 5.41) is 21.8. The van der Waals surface area contributed by atoms with Crippen LogP contribution in [0, 0.1) is 17.1 Å². The minimum Gasteiger partial charge on any atom is -0.379 e. The standard InChI is InChI=1S/C21H19F4N3O2/c1-20(30,12-28-8-7-16-14(11-28)3-2-4-18(16)22)19(29)27-15-6-5-13(10-26)17(9-15)21(23,24)25/h2-6,9,30H,7-8,11-12H2,1H3,(H,27,29). The van der Waals surface area contributed by atoms with Crippen LogP contribution < -0.4 is 5.32 Å². The molecule has 0 aliphatic carbocycles. The van der Waals surface area contributed by atoms with Crippen molar-refractivity contribution in [1.29, 1.82) is 5.26 Å². The Morgan fingerprint density at radius 3 is 2.70 bits per heavy atom. The average molecular weight is 421 g/mol. The van der Waals surface area contributed by atoms with Gasteiger partial charge in [-0.1, -0.05) is 12.1 Å². The van der Waals surface area contributed by atoms with Gasteiger partial charge >= 0.3 is 6.18 Å². The molecule has 2 aromatic carbocycles. The molecule has 0 bridgehead atoms. The summed E-state index contributed by atoms with van der Waals surface area (Å²) in [4.78, 5) is 14.3. The second-order valence-corrected chi connectivity index (χ2v) is 7.44. The molecular weight excluding hydrogens is 402 g/mol. The molecule has 158 valence electrons. The van der Waals surface area contributed by atoms with Crippen molar-refractivity contribution in [1.82, 2.24) is 4.90 Å². The molecule has 1 amide bonds. The molecule has 0 aromatic heterocycles. The van der Waals surface area contributed by atoms with Gasteiger partial charge in [0.05, 0.1) is 17.2 Å². The first-order valence-corrected chi connectivity index (χ1v) is 9.15. The van der Waals surface area contributed by atoms with Crippen LogP contribution in [-0.2, 0) is 23.9 Å². The third-order valence-electron chi connectivity index (χ3n) is 5.01. The van der Waals surface area contributed by atoms with Crippen LogP contribution in [0.5, 0.6) is 0 Å². The number of nitrogens with one attached hydrogen (secondary N) is 1. The molecule has 30 heavy (non-hydrogen) atoms. The first kappa shape index (κ1) is 21.7. The normalized spacial score (nSPS) is 16.3. The van der Waals surface area contributed by atoms with Gasteiger partial charge in [0.15, 0.2) is 5.60 Å². The first-order chi connectivity index (χ1) is 14.0. The maximum absolute atomic E-state index is 13.8. The number of hydrogen-bond acceptors (Lipinski definition) is 4. The lowest BCUT2D eigenvalue weighted by Gasteiger charge is -2.34. The first-order valence-electron chi connectivity index (χ1n) is 9.15. The highest BCUT2D eigenvalue weighted by atomic mass is 19.4. The molecule has 1 atom stereocenters. The number of nitrogens with zero attached hydrogens (tertiary/aromatic N) is 2. The Balaban J connectivity index is 1.72. The number of carbonyl (C=O) groups is 1. The molecule has 3 rings (SSSR count). The van der Waals surface area contributed by atoms with E-state index in [9.17, 15) is 27.5 Å². The summed E-state index contributed by atoms with van der Waals surface area (Å²) in [5.41, 5.74) is -2.45. The number of hydrogen-bond donors (Lipinski definition) is 2. The second-order valence-electron chi connectivity index (χ2n) is 7.44. The number of nitriles is 1. The van der Waals surface area contributed by atoms with Gasteiger partial charge in [-0.25, -0.2) is 4.39 Å². The van der Waals surface area contributed by atoms with E-state index < -0.39 is 28.8 Å². The fourth-order valence-electron chi connectivity index (χ4n) is 3.48. The van der Waals surface area contributed by atoms with Gasteiger partial charge in [0.1, 0.15) is 5.82 Å². The van der Waals surface area contributed by atoms with E-state index in [0.717, 1.165) is 11.6 Å². The lowest BCUT2D eigenvalue weighted by atomic mass is 9.97. The predicted molar refractivity (Wildman–Crippen MR) is 101 cm³/mol. The maximum atomic E-state index is 13.8. The maximum Gasteiger partial charge on any atom is 0.417 e. The third-order valence-corrected chi connectivity index (χ3v) is 5.01. The van der Waals surface area contributed by atoms with Crippen molar-refractivity contribution in [2.75, 3.05) is 18.4 Å².